The predicted molar refractivity (Wildman–Crippen MR) is 62.0 cm³/mol. The molecule has 5 heteroatoms. The van der Waals surface area contributed by atoms with Gasteiger partial charge in [-0.3, -0.25) is 0 Å². The molecule has 0 aliphatic carbocycles. The van der Waals surface area contributed by atoms with E-state index in [1.807, 2.05) is 24.3 Å². The summed E-state index contributed by atoms with van der Waals surface area (Å²) in [6.45, 7) is 4.37. The Morgan fingerprint density at radius 2 is 2.29 bits per heavy atom. The Morgan fingerprint density at radius 1 is 1.47 bits per heavy atom. The Bertz CT molecular complexity index is 542. The van der Waals surface area contributed by atoms with E-state index < -0.39 is 5.76 Å². The second kappa shape index (κ2) is 4.86. The van der Waals surface area contributed by atoms with Crippen LogP contribution < -0.4 is 10.5 Å². The van der Waals surface area contributed by atoms with Crippen LogP contribution in [0, 0.1) is 0 Å². The first-order valence-corrected chi connectivity index (χ1v) is 5.42. The molecule has 0 spiro atoms. The third-order valence-corrected chi connectivity index (χ3v) is 2.37. The van der Waals surface area contributed by atoms with Crippen molar-refractivity contribution in [3.63, 3.8) is 0 Å². The highest BCUT2D eigenvalue weighted by Gasteiger charge is 2.04. The minimum absolute atomic E-state index is 0.139. The maximum atomic E-state index is 10.7. The van der Waals surface area contributed by atoms with E-state index in [4.69, 9.17) is 9.15 Å². The molecular weight excluding hydrogens is 220 g/mol. The lowest BCUT2D eigenvalue weighted by Crippen LogP contribution is -1.97. The van der Waals surface area contributed by atoms with Crippen LogP contribution in [0.15, 0.2) is 33.5 Å². The van der Waals surface area contributed by atoms with Crippen LogP contribution in [0.2, 0.25) is 0 Å². The van der Waals surface area contributed by atoms with Gasteiger partial charge >= 0.3 is 5.76 Å². The van der Waals surface area contributed by atoms with Crippen molar-refractivity contribution < 1.29 is 9.15 Å². The fraction of sp³-hybridized carbons (Fsp3) is 0.333. The van der Waals surface area contributed by atoms with Crippen LogP contribution in [0.5, 0.6) is 5.75 Å². The summed E-state index contributed by atoms with van der Waals surface area (Å²) in [6.07, 6.45) is 0. The van der Waals surface area contributed by atoms with E-state index in [2.05, 4.69) is 24.0 Å². The number of nitrogens with zero attached hydrogens (tertiary/aromatic N) is 1. The van der Waals surface area contributed by atoms with E-state index in [-0.39, 0.29) is 12.5 Å². The van der Waals surface area contributed by atoms with Crippen LogP contribution >= 0.6 is 0 Å². The van der Waals surface area contributed by atoms with E-state index in [0.717, 1.165) is 5.75 Å². The van der Waals surface area contributed by atoms with E-state index in [1.165, 1.54) is 5.56 Å². The second-order valence-electron chi connectivity index (χ2n) is 4.02. The first-order valence-electron chi connectivity index (χ1n) is 5.42. The lowest BCUT2D eigenvalue weighted by atomic mass is 10.0. The van der Waals surface area contributed by atoms with Gasteiger partial charge in [0, 0.05) is 0 Å². The van der Waals surface area contributed by atoms with Gasteiger partial charge in [-0.15, -0.1) is 5.10 Å². The number of hydrogen-bond acceptors (Lipinski definition) is 4. The van der Waals surface area contributed by atoms with Crippen LogP contribution in [0.25, 0.3) is 0 Å². The Morgan fingerprint density at radius 3 is 2.94 bits per heavy atom. The summed E-state index contributed by atoms with van der Waals surface area (Å²) in [6, 6.07) is 7.81. The zero-order valence-corrected chi connectivity index (χ0v) is 9.77. The number of hydrogen-bond donors (Lipinski definition) is 1. The number of benzene rings is 1. The van der Waals surface area contributed by atoms with Crippen LogP contribution in [-0.2, 0) is 6.61 Å². The zero-order valence-electron chi connectivity index (χ0n) is 9.77. The fourth-order valence-electron chi connectivity index (χ4n) is 1.43. The molecule has 1 aromatic heterocycles. The first-order chi connectivity index (χ1) is 8.15. The van der Waals surface area contributed by atoms with Crippen molar-refractivity contribution in [3.05, 3.63) is 46.3 Å². The summed E-state index contributed by atoms with van der Waals surface area (Å²) in [4.78, 5) is 10.7. The molecule has 1 N–H and O–H groups in total. The number of rotatable bonds is 4. The second-order valence-corrected chi connectivity index (χ2v) is 4.02. The van der Waals surface area contributed by atoms with Crippen LogP contribution in [0.3, 0.4) is 0 Å². The molecule has 0 unspecified atom stereocenters. The van der Waals surface area contributed by atoms with Crippen molar-refractivity contribution in [3.8, 4) is 5.75 Å². The van der Waals surface area contributed by atoms with Gasteiger partial charge in [0.25, 0.3) is 5.89 Å². The van der Waals surface area contributed by atoms with E-state index in [9.17, 15) is 4.79 Å². The molecule has 0 atom stereocenters. The van der Waals surface area contributed by atoms with E-state index >= 15 is 0 Å². The van der Waals surface area contributed by atoms with Crippen LogP contribution in [0.1, 0.15) is 31.2 Å². The van der Waals surface area contributed by atoms with Crippen molar-refractivity contribution in [2.45, 2.75) is 26.4 Å². The smallest absolute Gasteiger partial charge is 0.434 e. The van der Waals surface area contributed by atoms with Crippen molar-refractivity contribution in [2.75, 3.05) is 0 Å². The highest BCUT2D eigenvalue weighted by atomic mass is 16.5. The Labute approximate surface area is 98.4 Å². The van der Waals surface area contributed by atoms with Gasteiger partial charge < -0.3 is 9.15 Å². The quantitative estimate of drug-likeness (QED) is 0.879. The van der Waals surface area contributed by atoms with Crippen molar-refractivity contribution in [1.29, 1.82) is 0 Å². The van der Waals surface area contributed by atoms with E-state index in [0.29, 0.717) is 5.92 Å². The number of H-pyrrole nitrogens is 1. The molecule has 0 amide bonds. The number of ether oxygens (including phenoxy) is 1. The molecule has 0 radical (unpaired) electrons. The molecule has 0 saturated heterocycles. The molecule has 0 aliphatic rings. The summed E-state index contributed by atoms with van der Waals surface area (Å²) in [5.41, 5.74) is 1.20. The topological polar surface area (TPSA) is 68.1 Å². The first kappa shape index (κ1) is 11.4. The van der Waals surface area contributed by atoms with Crippen LogP contribution in [-0.4, -0.2) is 10.2 Å². The molecule has 0 fully saturated rings. The predicted octanol–water partition coefficient (Wildman–Crippen LogP) is 2.07. The lowest BCUT2D eigenvalue weighted by molar-refractivity contribution is 0.259. The summed E-state index contributed by atoms with van der Waals surface area (Å²) < 4.78 is 10.2. The van der Waals surface area contributed by atoms with Crippen molar-refractivity contribution >= 4 is 0 Å². The van der Waals surface area contributed by atoms with Crippen molar-refractivity contribution in [1.82, 2.24) is 10.2 Å². The molecule has 1 heterocycles. The molecular formula is C12H14N2O3. The number of nitrogens with one attached hydrogen (secondary N) is 1. The Kier molecular flexibility index (Phi) is 3.27. The average Bonchev–Trinajstić information content (AvgIpc) is 2.73. The van der Waals surface area contributed by atoms with Gasteiger partial charge in [-0.05, 0) is 23.6 Å². The fourth-order valence-corrected chi connectivity index (χ4v) is 1.43. The summed E-state index contributed by atoms with van der Waals surface area (Å²) in [5.74, 6) is 0.855. The molecule has 2 aromatic rings. The van der Waals surface area contributed by atoms with Crippen LogP contribution in [0.4, 0.5) is 0 Å². The normalized spacial score (nSPS) is 10.8. The van der Waals surface area contributed by atoms with E-state index in [1.54, 1.807) is 0 Å². The number of aromatic nitrogens is 2. The minimum atomic E-state index is -0.570. The standard InChI is InChI=1S/C12H14N2O3/c1-8(2)9-4-3-5-10(6-9)16-7-11-13-14-12(15)17-11/h3-6,8H,7H2,1-2H3,(H,14,15). The summed E-state index contributed by atoms with van der Waals surface area (Å²) in [7, 11) is 0. The zero-order chi connectivity index (χ0) is 12.3. The van der Waals surface area contributed by atoms with Gasteiger partial charge in [0.15, 0.2) is 6.61 Å². The van der Waals surface area contributed by atoms with Gasteiger partial charge in [0.1, 0.15) is 5.75 Å². The number of aromatic amines is 1. The maximum Gasteiger partial charge on any atom is 0.434 e. The molecule has 90 valence electrons. The van der Waals surface area contributed by atoms with Gasteiger partial charge in [-0.25, -0.2) is 9.89 Å². The van der Waals surface area contributed by atoms with Gasteiger partial charge in [-0.1, -0.05) is 26.0 Å². The minimum Gasteiger partial charge on any atom is -0.484 e. The summed E-state index contributed by atoms with van der Waals surface area (Å²) >= 11 is 0. The maximum absolute atomic E-state index is 10.7. The van der Waals surface area contributed by atoms with Gasteiger partial charge in [0.05, 0.1) is 0 Å². The highest BCUT2D eigenvalue weighted by molar-refractivity contribution is 5.30. The molecule has 0 aliphatic heterocycles. The molecule has 2 rings (SSSR count). The van der Waals surface area contributed by atoms with Gasteiger partial charge in [-0.2, -0.15) is 0 Å². The third kappa shape index (κ3) is 2.96. The summed E-state index contributed by atoms with van der Waals surface area (Å²) in [5, 5.41) is 5.84. The molecule has 0 bridgehead atoms. The van der Waals surface area contributed by atoms with Gasteiger partial charge in [0.2, 0.25) is 0 Å². The van der Waals surface area contributed by atoms with Crippen molar-refractivity contribution in [2.24, 2.45) is 0 Å². The molecule has 17 heavy (non-hydrogen) atoms. The highest BCUT2D eigenvalue weighted by Crippen LogP contribution is 2.20. The SMILES string of the molecule is CC(C)c1cccc(OCc2n[nH]c(=O)o2)c1. The molecule has 1 aromatic carbocycles. The third-order valence-electron chi connectivity index (χ3n) is 2.37. The molecule has 0 saturated carbocycles. The lowest BCUT2D eigenvalue weighted by Gasteiger charge is -2.08. The largest absolute Gasteiger partial charge is 0.484 e. The Balaban J connectivity index is 2.04. The monoisotopic (exact) mass is 234 g/mol. The molecule has 5 nitrogen and oxygen atoms in total. The average molecular weight is 234 g/mol. The Hall–Kier alpha value is -2.04.